The molecule has 2 N–H and O–H groups in total. The molecule has 0 bridgehead atoms. The molecule has 0 fully saturated rings. The summed E-state index contributed by atoms with van der Waals surface area (Å²) in [7, 11) is 2.08. The molecular formula is C12H17N3S. The van der Waals surface area contributed by atoms with Crippen molar-refractivity contribution in [2.45, 2.75) is 26.3 Å². The van der Waals surface area contributed by atoms with Crippen LogP contribution in [0.1, 0.15) is 20.3 Å². The summed E-state index contributed by atoms with van der Waals surface area (Å²) in [6.45, 7) is 4.38. The van der Waals surface area contributed by atoms with Crippen LogP contribution < -0.4 is 10.6 Å². The Balaban J connectivity index is 2.48. The highest BCUT2D eigenvalue weighted by atomic mass is 32.1. The minimum Gasteiger partial charge on any atom is -0.395 e. The minimum absolute atomic E-state index is 0.485. The van der Waals surface area contributed by atoms with Gasteiger partial charge in [0.2, 0.25) is 0 Å². The molecule has 0 spiro atoms. The Hall–Kier alpha value is -1.29. The number of nitrogen functional groups attached to an aromatic ring is 1. The first kappa shape index (κ1) is 11.2. The molecule has 1 aromatic carbocycles. The molecule has 1 atom stereocenters. The van der Waals surface area contributed by atoms with Gasteiger partial charge in [0.1, 0.15) is 5.52 Å². The van der Waals surface area contributed by atoms with E-state index < -0.39 is 0 Å². The second-order valence-electron chi connectivity index (χ2n) is 4.07. The van der Waals surface area contributed by atoms with Gasteiger partial charge in [0.25, 0.3) is 0 Å². The quantitative estimate of drug-likeness (QED) is 0.831. The Bertz CT molecular complexity index is 492. The van der Waals surface area contributed by atoms with E-state index in [1.807, 2.05) is 5.51 Å². The van der Waals surface area contributed by atoms with Crippen molar-refractivity contribution in [3.8, 4) is 0 Å². The molecule has 2 aromatic rings. The van der Waals surface area contributed by atoms with E-state index in [1.54, 1.807) is 11.3 Å². The Morgan fingerprint density at radius 1 is 1.50 bits per heavy atom. The van der Waals surface area contributed by atoms with Crippen molar-refractivity contribution < 1.29 is 0 Å². The van der Waals surface area contributed by atoms with Crippen LogP contribution in [0.5, 0.6) is 0 Å². The molecule has 3 nitrogen and oxygen atoms in total. The third kappa shape index (κ3) is 1.73. The van der Waals surface area contributed by atoms with Gasteiger partial charge in [-0.3, -0.25) is 0 Å². The monoisotopic (exact) mass is 235 g/mol. The fourth-order valence-electron chi connectivity index (χ4n) is 1.76. The van der Waals surface area contributed by atoms with Gasteiger partial charge in [-0.05, 0) is 25.5 Å². The topological polar surface area (TPSA) is 42.2 Å². The number of hydrogen-bond donors (Lipinski definition) is 1. The number of nitrogens with zero attached hydrogens (tertiary/aromatic N) is 2. The highest BCUT2D eigenvalue weighted by Gasteiger charge is 2.13. The second kappa shape index (κ2) is 4.29. The predicted octanol–water partition coefficient (Wildman–Crippen LogP) is 3.11. The van der Waals surface area contributed by atoms with Crippen LogP contribution in [-0.4, -0.2) is 18.1 Å². The molecule has 2 rings (SSSR count). The molecule has 0 aliphatic carbocycles. The Labute approximate surface area is 99.9 Å². The van der Waals surface area contributed by atoms with Gasteiger partial charge >= 0.3 is 0 Å². The zero-order valence-electron chi connectivity index (χ0n) is 9.90. The summed E-state index contributed by atoms with van der Waals surface area (Å²) in [4.78, 5) is 6.53. The number of nitrogens with two attached hydrogens (primary N) is 1. The molecule has 0 saturated heterocycles. The fraction of sp³-hybridized carbons (Fsp3) is 0.417. The van der Waals surface area contributed by atoms with Gasteiger partial charge in [0.15, 0.2) is 0 Å². The van der Waals surface area contributed by atoms with E-state index >= 15 is 0 Å². The van der Waals surface area contributed by atoms with Crippen molar-refractivity contribution >= 4 is 32.9 Å². The van der Waals surface area contributed by atoms with Crippen LogP contribution >= 0.6 is 11.3 Å². The van der Waals surface area contributed by atoms with Gasteiger partial charge < -0.3 is 10.6 Å². The molecule has 0 aliphatic rings. The maximum absolute atomic E-state index is 6.16. The van der Waals surface area contributed by atoms with Crippen molar-refractivity contribution in [1.82, 2.24) is 4.98 Å². The number of aromatic nitrogens is 1. The van der Waals surface area contributed by atoms with Crippen LogP contribution in [0, 0.1) is 0 Å². The summed E-state index contributed by atoms with van der Waals surface area (Å²) in [5.74, 6) is 0. The smallest absolute Gasteiger partial charge is 0.106 e. The van der Waals surface area contributed by atoms with E-state index in [0.29, 0.717) is 6.04 Å². The summed E-state index contributed by atoms with van der Waals surface area (Å²) in [6.07, 6.45) is 1.10. The molecule has 4 heteroatoms. The average Bonchev–Trinajstić information content (AvgIpc) is 2.76. The van der Waals surface area contributed by atoms with E-state index in [4.69, 9.17) is 5.73 Å². The van der Waals surface area contributed by atoms with Gasteiger partial charge in [-0.25, -0.2) is 4.98 Å². The highest BCUT2D eigenvalue weighted by molar-refractivity contribution is 7.16. The molecule has 0 aliphatic heterocycles. The minimum atomic E-state index is 0.485. The van der Waals surface area contributed by atoms with Crippen LogP contribution in [-0.2, 0) is 0 Å². The lowest BCUT2D eigenvalue weighted by Crippen LogP contribution is -2.28. The lowest BCUT2D eigenvalue weighted by molar-refractivity contribution is 0.665. The van der Waals surface area contributed by atoms with Crippen LogP contribution in [0.2, 0.25) is 0 Å². The van der Waals surface area contributed by atoms with Gasteiger partial charge in [-0.2, -0.15) is 0 Å². The average molecular weight is 235 g/mol. The summed E-state index contributed by atoms with van der Waals surface area (Å²) in [6, 6.07) is 4.66. The Morgan fingerprint density at radius 2 is 2.25 bits per heavy atom. The van der Waals surface area contributed by atoms with E-state index in [0.717, 1.165) is 28.0 Å². The fourth-order valence-corrected chi connectivity index (χ4v) is 2.45. The van der Waals surface area contributed by atoms with E-state index in [-0.39, 0.29) is 0 Å². The number of hydrogen-bond acceptors (Lipinski definition) is 4. The van der Waals surface area contributed by atoms with Crippen molar-refractivity contribution in [3.05, 3.63) is 17.6 Å². The molecule has 1 aromatic heterocycles. The van der Waals surface area contributed by atoms with E-state index in [9.17, 15) is 0 Å². The molecular weight excluding hydrogens is 218 g/mol. The Kier molecular flexibility index (Phi) is 3.01. The number of anilines is 2. The standard InChI is InChI=1S/C12H17N3S/c1-4-8(2)15(3)9-5-6-10-12(11(9)13)14-7-16-10/h5-8H,4,13H2,1-3H3. The SMILES string of the molecule is CCC(C)N(C)c1ccc2scnc2c1N. The predicted molar refractivity (Wildman–Crippen MR) is 72.2 cm³/mol. The number of benzene rings is 1. The third-order valence-corrected chi connectivity index (χ3v) is 3.94. The van der Waals surface area contributed by atoms with E-state index in [2.05, 4.69) is 42.9 Å². The molecule has 86 valence electrons. The second-order valence-corrected chi connectivity index (χ2v) is 4.95. The van der Waals surface area contributed by atoms with Crippen molar-refractivity contribution in [2.24, 2.45) is 0 Å². The molecule has 0 saturated carbocycles. The van der Waals surface area contributed by atoms with Gasteiger partial charge in [-0.1, -0.05) is 6.92 Å². The number of fused-ring (bicyclic) bond motifs is 1. The number of thiazole rings is 1. The first-order chi connectivity index (χ1) is 7.65. The maximum Gasteiger partial charge on any atom is 0.106 e. The zero-order chi connectivity index (χ0) is 11.7. The largest absolute Gasteiger partial charge is 0.395 e. The van der Waals surface area contributed by atoms with Gasteiger partial charge in [0, 0.05) is 13.1 Å². The maximum atomic E-state index is 6.16. The first-order valence-electron chi connectivity index (χ1n) is 5.49. The zero-order valence-corrected chi connectivity index (χ0v) is 10.7. The van der Waals surface area contributed by atoms with Gasteiger partial charge in [0.05, 0.1) is 21.6 Å². The summed E-state index contributed by atoms with van der Waals surface area (Å²) < 4.78 is 1.15. The first-order valence-corrected chi connectivity index (χ1v) is 6.37. The van der Waals surface area contributed by atoms with Crippen LogP contribution in [0.25, 0.3) is 10.2 Å². The summed E-state index contributed by atoms with van der Waals surface area (Å²) in [5.41, 5.74) is 10.8. The molecule has 1 unspecified atom stereocenters. The van der Waals surface area contributed by atoms with Crippen LogP contribution in [0.4, 0.5) is 11.4 Å². The molecule has 0 amide bonds. The normalized spacial score (nSPS) is 12.9. The number of rotatable bonds is 3. The van der Waals surface area contributed by atoms with Crippen molar-refractivity contribution in [1.29, 1.82) is 0 Å². The molecule has 1 heterocycles. The van der Waals surface area contributed by atoms with Crippen LogP contribution in [0.3, 0.4) is 0 Å². The van der Waals surface area contributed by atoms with Gasteiger partial charge in [-0.15, -0.1) is 11.3 Å². The Morgan fingerprint density at radius 3 is 2.94 bits per heavy atom. The van der Waals surface area contributed by atoms with E-state index in [1.165, 1.54) is 0 Å². The highest BCUT2D eigenvalue weighted by Crippen LogP contribution is 2.32. The summed E-state index contributed by atoms with van der Waals surface area (Å²) in [5, 5.41) is 0. The van der Waals surface area contributed by atoms with Crippen LogP contribution in [0.15, 0.2) is 17.6 Å². The van der Waals surface area contributed by atoms with Crippen molar-refractivity contribution in [2.75, 3.05) is 17.7 Å². The summed E-state index contributed by atoms with van der Waals surface area (Å²) >= 11 is 1.63. The lowest BCUT2D eigenvalue weighted by atomic mass is 10.1. The third-order valence-electron chi connectivity index (χ3n) is 3.15. The molecule has 16 heavy (non-hydrogen) atoms. The van der Waals surface area contributed by atoms with Crippen molar-refractivity contribution in [3.63, 3.8) is 0 Å². The lowest BCUT2D eigenvalue weighted by Gasteiger charge is -2.27. The molecule has 0 radical (unpaired) electrons.